The number of nitrogens with one attached hydrogen (secondary N) is 1. The second-order valence-electron chi connectivity index (χ2n) is 3.76. The van der Waals surface area contributed by atoms with E-state index in [9.17, 15) is 13.6 Å². The molecule has 2 aromatic rings. The van der Waals surface area contributed by atoms with Crippen LogP contribution in [0.3, 0.4) is 0 Å². The van der Waals surface area contributed by atoms with Crippen LogP contribution in [-0.4, -0.2) is 35.5 Å². The second kappa shape index (κ2) is 5.16. The first-order chi connectivity index (χ1) is 9.49. The number of halogens is 2. The number of rotatable bonds is 4. The fourth-order valence-corrected chi connectivity index (χ4v) is 1.67. The summed E-state index contributed by atoms with van der Waals surface area (Å²) in [5.41, 5.74) is -0.359. The van der Waals surface area contributed by atoms with Crippen molar-refractivity contribution >= 4 is 5.97 Å². The lowest BCUT2D eigenvalue weighted by atomic mass is 10.1. The Kier molecular flexibility index (Phi) is 3.55. The highest BCUT2D eigenvalue weighted by atomic mass is 19.1. The van der Waals surface area contributed by atoms with Crippen LogP contribution in [0.4, 0.5) is 8.78 Å². The van der Waals surface area contributed by atoms with Crippen LogP contribution in [0, 0.1) is 11.6 Å². The highest BCUT2D eigenvalue weighted by Gasteiger charge is 2.23. The Labute approximate surface area is 111 Å². The zero-order valence-corrected chi connectivity index (χ0v) is 10.5. The number of aromatic carboxylic acids is 1. The molecule has 0 unspecified atom stereocenters. The smallest absolute Gasteiger partial charge is 0.353 e. The second-order valence-corrected chi connectivity index (χ2v) is 3.76. The van der Waals surface area contributed by atoms with Gasteiger partial charge in [-0.2, -0.15) is 9.49 Å². The molecule has 0 saturated heterocycles. The lowest BCUT2D eigenvalue weighted by Crippen LogP contribution is -1.99. The third kappa shape index (κ3) is 2.15. The van der Waals surface area contributed by atoms with Gasteiger partial charge in [0.25, 0.3) is 0 Å². The van der Waals surface area contributed by atoms with Crippen LogP contribution in [-0.2, 0) is 0 Å². The van der Waals surface area contributed by atoms with Gasteiger partial charge in [-0.3, -0.25) is 5.10 Å². The largest absolute Gasteiger partial charge is 0.494 e. The van der Waals surface area contributed by atoms with Crippen LogP contribution in [0.1, 0.15) is 10.5 Å². The Bertz CT molecular complexity index is 670. The van der Waals surface area contributed by atoms with Crippen LogP contribution >= 0.6 is 0 Å². The van der Waals surface area contributed by atoms with Gasteiger partial charge >= 0.3 is 5.97 Å². The molecule has 0 aliphatic carbocycles. The fourth-order valence-electron chi connectivity index (χ4n) is 1.67. The van der Waals surface area contributed by atoms with Crippen molar-refractivity contribution in [3.05, 3.63) is 29.5 Å². The maximum atomic E-state index is 14.1. The number of aromatic amines is 1. The van der Waals surface area contributed by atoms with E-state index in [0.717, 1.165) is 19.2 Å². The Morgan fingerprint density at radius 2 is 1.95 bits per heavy atom. The Morgan fingerprint density at radius 3 is 2.45 bits per heavy atom. The highest BCUT2D eigenvalue weighted by Crippen LogP contribution is 2.36. The van der Waals surface area contributed by atoms with Crippen molar-refractivity contribution in [2.24, 2.45) is 0 Å². The summed E-state index contributed by atoms with van der Waals surface area (Å²) in [7, 11) is 2.32. The summed E-state index contributed by atoms with van der Waals surface area (Å²) in [6.45, 7) is 0. The molecule has 2 N–H and O–H groups in total. The van der Waals surface area contributed by atoms with Crippen molar-refractivity contribution in [1.82, 2.24) is 10.2 Å². The maximum absolute atomic E-state index is 14.1. The minimum Gasteiger partial charge on any atom is -0.494 e. The molecule has 1 heterocycles. The number of ether oxygens (including phenoxy) is 2. The molecule has 0 bridgehead atoms. The first-order valence-corrected chi connectivity index (χ1v) is 5.38. The predicted molar refractivity (Wildman–Crippen MR) is 64.0 cm³/mol. The van der Waals surface area contributed by atoms with Crippen molar-refractivity contribution in [3.8, 4) is 22.8 Å². The monoisotopic (exact) mass is 284 g/mol. The van der Waals surface area contributed by atoms with Crippen molar-refractivity contribution in [2.75, 3.05) is 14.2 Å². The number of benzene rings is 1. The number of carboxylic acid groups (broad SMARTS) is 1. The maximum Gasteiger partial charge on any atom is 0.353 e. The molecule has 0 amide bonds. The molecular formula is C12H10F2N2O4. The topological polar surface area (TPSA) is 84.4 Å². The van der Waals surface area contributed by atoms with E-state index in [1.54, 1.807) is 0 Å². The zero-order valence-electron chi connectivity index (χ0n) is 10.5. The number of hydrogen-bond acceptors (Lipinski definition) is 4. The van der Waals surface area contributed by atoms with Gasteiger partial charge in [0.05, 0.1) is 19.9 Å². The van der Waals surface area contributed by atoms with E-state index >= 15 is 0 Å². The number of aromatic nitrogens is 2. The summed E-state index contributed by atoms with van der Waals surface area (Å²) in [6, 6.07) is 2.20. The summed E-state index contributed by atoms with van der Waals surface area (Å²) in [4.78, 5) is 10.8. The third-order valence-corrected chi connectivity index (χ3v) is 2.64. The number of hydrogen-bond donors (Lipinski definition) is 2. The van der Waals surface area contributed by atoms with E-state index in [0.29, 0.717) is 0 Å². The summed E-state index contributed by atoms with van der Waals surface area (Å²) < 4.78 is 37.3. The number of methoxy groups -OCH3 is 2. The van der Waals surface area contributed by atoms with Crippen molar-refractivity contribution in [2.45, 2.75) is 0 Å². The number of carbonyl (C=O) groups is 1. The fraction of sp³-hybridized carbons (Fsp3) is 0.167. The van der Waals surface area contributed by atoms with E-state index in [-0.39, 0.29) is 22.7 Å². The van der Waals surface area contributed by atoms with Gasteiger partial charge in [-0.25, -0.2) is 9.18 Å². The van der Waals surface area contributed by atoms with E-state index in [2.05, 4.69) is 14.9 Å². The van der Waals surface area contributed by atoms with Gasteiger partial charge in [0.2, 0.25) is 5.82 Å². The molecule has 6 nitrogen and oxygen atoms in total. The molecule has 106 valence electrons. The van der Waals surface area contributed by atoms with E-state index in [4.69, 9.17) is 9.84 Å². The molecule has 1 aromatic carbocycles. The first kappa shape index (κ1) is 13.8. The molecule has 0 aliphatic heterocycles. The SMILES string of the molecule is COc1cc(-c2cc(C(=O)O)[nH]n2)c(F)c(OC)c1F. The van der Waals surface area contributed by atoms with Gasteiger partial charge in [0, 0.05) is 5.56 Å². The molecular weight excluding hydrogens is 274 g/mol. The molecule has 20 heavy (non-hydrogen) atoms. The van der Waals surface area contributed by atoms with Gasteiger partial charge in [0.1, 0.15) is 5.69 Å². The van der Waals surface area contributed by atoms with Crippen LogP contribution in [0.2, 0.25) is 0 Å². The number of H-pyrrole nitrogens is 1. The van der Waals surface area contributed by atoms with Crippen molar-refractivity contribution < 1.29 is 28.2 Å². The average molecular weight is 284 g/mol. The van der Waals surface area contributed by atoms with Gasteiger partial charge in [-0.05, 0) is 12.1 Å². The average Bonchev–Trinajstić information content (AvgIpc) is 2.89. The van der Waals surface area contributed by atoms with Gasteiger partial charge in [-0.1, -0.05) is 0 Å². The summed E-state index contributed by atoms with van der Waals surface area (Å²) in [5, 5.41) is 14.7. The number of carboxylic acids is 1. The number of nitrogens with zero attached hydrogens (tertiary/aromatic N) is 1. The summed E-state index contributed by atoms with van der Waals surface area (Å²) in [5.74, 6) is -4.08. The summed E-state index contributed by atoms with van der Waals surface area (Å²) in [6.07, 6.45) is 0. The molecule has 8 heteroatoms. The van der Waals surface area contributed by atoms with E-state index in [1.165, 1.54) is 7.11 Å². The Balaban J connectivity index is 2.63. The van der Waals surface area contributed by atoms with Crippen LogP contribution < -0.4 is 9.47 Å². The highest BCUT2D eigenvalue weighted by molar-refractivity contribution is 5.87. The van der Waals surface area contributed by atoms with Gasteiger partial charge in [-0.15, -0.1) is 0 Å². The molecule has 0 atom stereocenters. The predicted octanol–water partition coefficient (Wildman–Crippen LogP) is 2.07. The Hall–Kier alpha value is -2.64. The van der Waals surface area contributed by atoms with Crippen molar-refractivity contribution in [1.29, 1.82) is 0 Å². The normalized spacial score (nSPS) is 10.4. The molecule has 0 spiro atoms. The molecule has 2 rings (SSSR count). The lowest BCUT2D eigenvalue weighted by Gasteiger charge is -2.10. The zero-order chi connectivity index (χ0) is 14.9. The minimum atomic E-state index is -1.25. The molecule has 0 fully saturated rings. The minimum absolute atomic E-state index is 0.00324. The van der Waals surface area contributed by atoms with Crippen LogP contribution in [0.15, 0.2) is 12.1 Å². The molecule has 0 aliphatic rings. The van der Waals surface area contributed by atoms with Crippen LogP contribution in [0.5, 0.6) is 11.5 Å². The molecule has 0 saturated carbocycles. The van der Waals surface area contributed by atoms with E-state index in [1.807, 2.05) is 0 Å². The lowest BCUT2D eigenvalue weighted by molar-refractivity contribution is 0.0690. The standard InChI is InChI=1S/C12H10F2N2O4/c1-19-8-3-5(9(13)11(20-2)10(8)14)6-4-7(12(17)18)16-15-6/h3-4H,1-2H3,(H,15,16)(H,17,18). The Morgan fingerprint density at radius 1 is 1.25 bits per heavy atom. The van der Waals surface area contributed by atoms with E-state index < -0.39 is 23.4 Å². The third-order valence-electron chi connectivity index (χ3n) is 2.64. The van der Waals surface area contributed by atoms with Gasteiger partial charge in [0.15, 0.2) is 17.3 Å². The first-order valence-electron chi connectivity index (χ1n) is 5.38. The van der Waals surface area contributed by atoms with Crippen molar-refractivity contribution in [3.63, 3.8) is 0 Å². The summed E-state index contributed by atoms with van der Waals surface area (Å²) >= 11 is 0. The molecule has 1 aromatic heterocycles. The quantitative estimate of drug-likeness (QED) is 0.897. The van der Waals surface area contributed by atoms with Crippen LogP contribution in [0.25, 0.3) is 11.3 Å². The van der Waals surface area contributed by atoms with Gasteiger partial charge < -0.3 is 14.6 Å². The molecule has 0 radical (unpaired) electrons.